The van der Waals surface area contributed by atoms with Gasteiger partial charge < -0.3 is 11.1 Å². The molecule has 1 saturated heterocycles. The Labute approximate surface area is 229 Å². The first-order valence-corrected chi connectivity index (χ1v) is 15.0. The molecule has 1 fully saturated rings. The summed E-state index contributed by atoms with van der Waals surface area (Å²) in [6, 6.07) is 9.06. The Morgan fingerprint density at radius 3 is 2.51 bits per heavy atom. The molecule has 2 aliphatic rings. The maximum atomic E-state index is 13.4. The van der Waals surface area contributed by atoms with Crippen molar-refractivity contribution in [1.82, 2.24) is 9.62 Å². The lowest BCUT2D eigenvalue weighted by molar-refractivity contribution is -0.137. The first-order valence-electron chi connectivity index (χ1n) is 13.5. The zero-order valence-corrected chi connectivity index (χ0v) is 23.5. The Hall–Kier alpha value is -2.43. The Kier molecular flexibility index (Phi) is 8.50. The van der Waals surface area contributed by atoms with Crippen LogP contribution in [0.1, 0.15) is 93.6 Å². The smallest absolute Gasteiger partial charge is 0.349 e. The number of nitrogens with zero attached hydrogens (tertiary/aromatic N) is 1. The molecule has 39 heavy (non-hydrogen) atoms. The third kappa shape index (κ3) is 6.66. The summed E-state index contributed by atoms with van der Waals surface area (Å²) < 4.78 is 67.6. The second kappa shape index (κ2) is 11.2. The fourth-order valence-corrected chi connectivity index (χ4v) is 7.35. The van der Waals surface area contributed by atoms with Crippen LogP contribution in [-0.2, 0) is 27.4 Å². The normalized spacial score (nSPS) is 21.7. The molecule has 214 valence electrons. The molecule has 3 N–H and O–H groups in total. The number of amides is 1. The minimum Gasteiger partial charge on any atom is -0.349 e. The third-order valence-electron chi connectivity index (χ3n) is 7.87. The summed E-state index contributed by atoms with van der Waals surface area (Å²) in [5.74, 6) is -0.264. The van der Waals surface area contributed by atoms with Gasteiger partial charge in [-0.05, 0) is 72.4 Å². The van der Waals surface area contributed by atoms with Gasteiger partial charge >= 0.3 is 6.18 Å². The summed E-state index contributed by atoms with van der Waals surface area (Å²) in [5.41, 5.74) is 8.64. The molecule has 0 saturated carbocycles. The molecular weight excluding hydrogens is 527 g/mol. The number of halogens is 3. The van der Waals surface area contributed by atoms with Gasteiger partial charge in [0.25, 0.3) is 0 Å². The molecule has 1 aliphatic carbocycles. The lowest BCUT2D eigenvalue weighted by Crippen LogP contribution is -2.46. The molecule has 0 bridgehead atoms. The molecule has 1 aliphatic heterocycles. The van der Waals surface area contributed by atoms with E-state index in [9.17, 15) is 26.4 Å². The molecule has 0 spiro atoms. The van der Waals surface area contributed by atoms with Crippen LogP contribution >= 0.6 is 0 Å². The first kappa shape index (κ1) is 29.6. The highest BCUT2D eigenvalue weighted by Gasteiger charge is 2.37. The lowest BCUT2D eigenvalue weighted by atomic mass is 9.80. The molecule has 10 heteroatoms. The van der Waals surface area contributed by atoms with E-state index in [1.807, 2.05) is 12.1 Å². The van der Waals surface area contributed by atoms with Crippen molar-refractivity contribution in [3.8, 4) is 0 Å². The zero-order valence-electron chi connectivity index (χ0n) is 22.7. The van der Waals surface area contributed by atoms with Crippen LogP contribution in [0.5, 0.6) is 0 Å². The van der Waals surface area contributed by atoms with Crippen LogP contribution in [0.25, 0.3) is 0 Å². The summed E-state index contributed by atoms with van der Waals surface area (Å²) in [6.07, 6.45) is -0.301. The van der Waals surface area contributed by atoms with Crippen LogP contribution in [0.4, 0.5) is 13.2 Å². The number of alkyl halides is 3. The number of nitrogens with two attached hydrogens (primary N) is 1. The number of hydrogen-bond acceptors (Lipinski definition) is 4. The number of benzene rings is 2. The van der Waals surface area contributed by atoms with Crippen LogP contribution in [0.2, 0.25) is 0 Å². The Balaban J connectivity index is 1.49. The van der Waals surface area contributed by atoms with Crippen LogP contribution in [0.15, 0.2) is 47.4 Å². The standard InChI is InChI=1S/C29H38F3N3O3S/c1-28(2,3)27(33)20-13-14-24-19(16-20)8-6-12-25(24)34-26(36)18-22-10-4-5-15-35(22)39(37,38)23-11-7-9-21(17-23)29(30,31)32/h7,9,11,13-14,16-17,22,25,27H,4-6,8,10,12,15,18,33H2,1-3H3,(H,34,36). The SMILES string of the molecule is CC(C)(C)C(N)c1ccc2c(c1)CCCC2NC(=O)CC1CCCCN1S(=O)(=O)c1cccc(C(F)(F)F)c1. The van der Waals surface area contributed by atoms with Gasteiger partial charge in [0, 0.05) is 25.0 Å². The van der Waals surface area contributed by atoms with Crippen molar-refractivity contribution in [2.75, 3.05) is 6.54 Å². The Morgan fingerprint density at radius 2 is 1.82 bits per heavy atom. The van der Waals surface area contributed by atoms with Gasteiger partial charge in [-0.2, -0.15) is 17.5 Å². The van der Waals surface area contributed by atoms with E-state index < -0.39 is 32.7 Å². The number of carbonyl (C=O) groups excluding carboxylic acids is 1. The first-order chi connectivity index (χ1) is 18.2. The van der Waals surface area contributed by atoms with Gasteiger partial charge in [-0.15, -0.1) is 0 Å². The van der Waals surface area contributed by atoms with Gasteiger partial charge in [-0.3, -0.25) is 4.79 Å². The molecule has 0 aromatic heterocycles. The number of carbonyl (C=O) groups is 1. The third-order valence-corrected chi connectivity index (χ3v) is 9.82. The van der Waals surface area contributed by atoms with Crippen molar-refractivity contribution in [3.63, 3.8) is 0 Å². The minimum atomic E-state index is -4.65. The van der Waals surface area contributed by atoms with Crippen molar-refractivity contribution >= 4 is 15.9 Å². The van der Waals surface area contributed by atoms with Crippen molar-refractivity contribution in [1.29, 1.82) is 0 Å². The average Bonchev–Trinajstić information content (AvgIpc) is 2.87. The van der Waals surface area contributed by atoms with Gasteiger partial charge in [-0.25, -0.2) is 8.42 Å². The van der Waals surface area contributed by atoms with E-state index in [4.69, 9.17) is 5.73 Å². The molecule has 1 amide bonds. The molecule has 0 radical (unpaired) electrons. The largest absolute Gasteiger partial charge is 0.416 e. The second-order valence-corrected chi connectivity index (χ2v) is 13.7. The number of nitrogens with one attached hydrogen (secondary N) is 1. The van der Waals surface area contributed by atoms with Crippen molar-refractivity contribution < 1.29 is 26.4 Å². The van der Waals surface area contributed by atoms with Gasteiger partial charge in [-0.1, -0.05) is 51.5 Å². The number of fused-ring (bicyclic) bond motifs is 1. The summed E-state index contributed by atoms with van der Waals surface area (Å²) >= 11 is 0. The van der Waals surface area contributed by atoms with Gasteiger partial charge in [0.1, 0.15) is 0 Å². The predicted molar refractivity (Wildman–Crippen MR) is 144 cm³/mol. The van der Waals surface area contributed by atoms with E-state index in [1.165, 1.54) is 10.4 Å². The molecule has 4 rings (SSSR count). The number of sulfonamides is 1. The van der Waals surface area contributed by atoms with E-state index >= 15 is 0 Å². The molecule has 2 aromatic carbocycles. The van der Waals surface area contributed by atoms with E-state index in [0.29, 0.717) is 18.9 Å². The fourth-order valence-electron chi connectivity index (χ4n) is 5.61. The van der Waals surface area contributed by atoms with Crippen LogP contribution < -0.4 is 11.1 Å². The number of hydrogen-bond donors (Lipinski definition) is 2. The summed E-state index contributed by atoms with van der Waals surface area (Å²) in [6.45, 7) is 6.46. The molecular formula is C29H38F3N3O3S. The molecule has 3 unspecified atom stereocenters. The van der Waals surface area contributed by atoms with Gasteiger partial charge in [0.2, 0.25) is 15.9 Å². The van der Waals surface area contributed by atoms with Crippen LogP contribution in [0.3, 0.4) is 0 Å². The van der Waals surface area contributed by atoms with Crippen LogP contribution in [-0.4, -0.2) is 31.2 Å². The lowest BCUT2D eigenvalue weighted by Gasteiger charge is -2.35. The number of piperidine rings is 1. The average molecular weight is 566 g/mol. The molecule has 2 aromatic rings. The Bertz CT molecular complexity index is 1300. The van der Waals surface area contributed by atoms with E-state index in [0.717, 1.165) is 54.5 Å². The van der Waals surface area contributed by atoms with Gasteiger partial charge in [0.15, 0.2) is 0 Å². The summed E-state index contributed by atoms with van der Waals surface area (Å²) in [4.78, 5) is 12.8. The van der Waals surface area contributed by atoms with Crippen molar-refractivity contribution in [2.45, 2.75) is 94.9 Å². The van der Waals surface area contributed by atoms with Gasteiger partial charge in [0.05, 0.1) is 16.5 Å². The van der Waals surface area contributed by atoms with E-state index in [2.05, 4.69) is 32.2 Å². The van der Waals surface area contributed by atoms with Crippen molar-refractivity contribution in [3.05, 3.63) is 64.7 Å². The minimum absolute atomic E-state index is 0.0446. The van der Waals surface area contributed by atoms with Crippen molar-refractivity contribution in [2.24, 2.45) is 11.1 Å². The highest BCUT2D eigenvalue weighted by Crippen LogP contribution is 2.36. The topological polar surface area (TPSA) is 92.5 Å². The summed E-state index contributed by atoms with van der Waals surface area (Å²) in [7, 11) is -4.20. The predicted octanol–water partition coefficient (Wildman–Crippen LogP) is 5.88. The maximum Gasteiger partial charge on any atom is 0.416 e. The van der Waals surface area contributed by atoms with E-state index in [1.54, 1.807) is 0 Å². The highest BCUT2D eigenvalue weighted by atomic mass is 32.2. The number of aryl methyl sites for hydroxylation is 1. The zero-order chi connectivity index (χ0) is 28.6. The molecule has 3 atom stereocenters. The Morgan fingerprint density at radius 1 is 1.08 bits per heavy atom. The highest BCUT2D eigenvalue weighted by molar-refractivity contribution is 7.89. The molecule has 6 nitrogen and oxygen atoms in total. The maximum absolute atomic E-state index is 13.4. The monoisotopic (exact) mass is 565 g/mol. The van der Waals surface area contributed by atoms with Crippen LogP contribution in [0, 0.1) is 5.41 Å². The van der Waals surface area contributed by atoms with E-state index in [-0.39, 0.29) is 36.4 Å². The fraction of sp³-hybridized carbons (Fsp3) is 0.552. The quantitative estimate of drug-likeness (QED) is 0.458. The summed E-state index contributed by atoms with van der Waals surface area (Å²) in [5, 5.41) is 3.10. The second-order valence-electron chi connectivity index (χ2n) is 11.8. The molecule has 1 heterocycles. The number of rotatable bonds is 6.